The van der Waals surface area contributed by atoms with Gasteiger partial charge in [-0.3, -0.25) is 19.4 Å². The minimum Gasteiger partial charge on any atom is -0.326 e. The maximum Gasteiger partial charge on any atom is 0.278 e. The Morgan fingerprint density at radius 1 is 1.03 bits per heavy atom. The monoisotopic (exact) mass is 423 g/mol. The number of carbonyl (C=O) groups is 2. The average Bonchev–Trinajstić information content (AvgIpc) is 2.69. The van der Waals surface area contributed by atoms with Crippen LogP contribution in [0, 0.1) is 13.8 Å². The Morgan fingerprint density at radius 3 is 2.50 bits per heavy atom. The Morgan fingerprint density at radius 2 is 1.80 bits per heavy atom. The van der Waals surface area contributed by atoms with Crippen LogP contribution in [0.1, 0.15) is 18.1 Å². The first-order valence-corrected chi connectivity index (χ1v) is 10.2. The maximum absolute atomic E-state index is 12.5. The summed E-state index contributed by atoms with van der Waals surface area (Å²) in [7, 11) is 0. The Labute approximate surface area is 177 Å². The van der Waals surface area contributed by atoms with Gasteiger partial charge in [0.2, 0.25) is 11.8 Å². The first-order chi connectivity index (χ1) is 14.3. The Kier molecular flexibility index (Phi) is 6.63. The fourth-order valence-electron chi connectivity index (χ4n) is 2.83. The fourth-order valence-corrected chi connectivity index (χ4v) is 3.43. The van der Waals surface area contributed by atoms with Crippen LogP contribution in [0.2, 0.25) is 0 Å². The molecule has 0 atom stereocenters. The van der Waals surface area contributed by atoms with Crippen molar-refractivity contribution < 1.29 is 9.59 Å². The van der Waals surface area contributed by atoms with Crippen molar-refractivity contribution in [2.24, 2.45) is 0 Å². The third-order valence-corrected chi connectivity index (χ3v) is 5.03. The highest BCUT2D eigenvalue weighted by Crippen LogP contribution is 2.24. The van der Waals surface area contributed by atoms with Gasteiger partial charge in [0.05, 0.1) is 11.4 Å². The van der Waals surface area contributed by atoms with Crippen LogP contribution in [0.5, 0.6) is 0 Å². The molecule has 0 spiro atoms. The molecule has 3 aromatic rings. The second-order valence-corrected chi connectivity index (χ2v) is 7.65. The summed E-state index contributed by atoms with van der Waals surface area (Å²) >= 11 is 1.08. The molecule has 8 nitrogen and oxygen atoms in total. The van der Waals surface area contributed by atoms with E-state index in [4.69, 9.17) is 0 Å². The Bertz CT molecular complexity index is 1160. The second kappa shape index (κ2) is 9.36. The van der Waals surface area contributed by atoms with Gasteiger partial charge in [0.25, 0.3) is 5.56 Å². The minimum atomic E-state index is -0.458. The smallest absolute Gasteiger partial charge is 0.278 e. The number of nitrogens with zero attached hydrogens (tertiary/aromatic N) is 2. The summed E-state index contributed by atoms with van der Waals surface area (Å²) in [4.78, 5) is 38.8. The number of hydrogen-bond donors (Lipinski definition) is 3. The van der Waals surface area contributed by atoms with E-state index in [2.05, 4.69) is 25.8 Å². The molecule has 1 heterocycles. The number of H-pyrrole nitrogens is 1. The van der Waals surface area contributed by atoms with E-state index in [9.17, 15) is 14.4 Å². The van der Waals surface area contributed by atoms with E-state index in [1.165, 1.54) is 6.92 Å². The summed E-state index contributed by atoms with van der Waals surface area (Å²) in [5.41, 5.74) is 3.40. The summed E-state index contributed by atoms with van der Waals surface area (Å²) in [6, 6.07) is 12.6. The predicted molar refractivity (Wildman–Crippen MR) is 118 cm³/mol. The number of benzene rings is 2. The minimum absolute atomic E-state index is 0.0692. The first kappa shape index (κ1) is 21.3. The molecule has 0 unspecified atom stereocenters. The van der Waals surface area contributed by atoms with Crippen LogP contribution in [0.4, 0.5) is 11.4 Å². The molecule has 0 fully saturated rings. The van der Waals surface area contributed by atoms with E-state index in [-0.39, 0.29) is 28.4 Å². The number of carbonyl (C=O) groups excluding carboxylic acids is 2. The molecule has 30 heavy (non-hydrogen) atoms. The lowest BCUT2D eigenvalue weighted by Gasteiger charge is -2.09. The molecule has 0 saturated heterocycles. The zero-order valence-electron chi connectivity index (χ0n) is 16.8. The number of thioether (sulfide) groups is 1. The van der Waals surface area contributed by atoms with E-state index < -0.39 is 5.56 Å². The van der Waals surface area contributed by atoms with Crippen LogP contribution in [-0.4, -0.2) is 32.7 Å². The molecule has 2 aromatic carbocycles. The van der Waals surface area contributed by atoms with Gasteiger partial charge in [-0.2, -0.15) is 0 Å². The fraction of sp³-hybridized carbons (Fsp3) is 0.190. The summed E-state index contributed by atoms with van der Waals surface area (Å²) in [6.07, 6.45) is 0. The standard InChI is InChI=1S/C21H21N5O3S/c1-12-8-9-16(13(2)10-12)23-18(28)11-30-21-24-20(29)19(25-26-21)15-6-4-5-7-17(15)22-14(3)27/h4-10H,11H2,1-3H3,(H,22,27)(H,23,28)(H,24,26,29). The number of anilines is 2. The quantitative estimate of drug-likeness (QED) is 0.525. The number of rotatable bonds is 6. The highest BCUT2D eigenvalue weighted by Gasteiger charge is 2.14. The zero-order chi connectivity index (χ0) is 21.7. The number of aromatic amines is 1. The lowest BCUT2D eigenvalue weighted by Crippen LogP contribution is -2.18. The SMILES string of the molecule is CC(=O)Nc1ccccc1-c1nnc(SCC(=O)Nc2ccc(C)cc2C)[nH]c1=O. The van der Waals surface area contributed by atoms with E-state index >= 15 is 0 Å². The zero-order valence-corrected chi connectivity index (χ0v) is 17.6. The van der Waals surface area contributed by atoms with Crippen LogP contribution in [0.25, 0.3) is 11.3 Å². The number of hydrogen-bond acceptors (Lipinski definition) is 6. The molecule has 0 bridgehead atoms. The van der Waals surface area contributed by atoms with E-state index in [0.29, 0.717) is 11.3 Å². The molecule has 2 amide bonds. The molecule has 0 saturated carbocycles. The van der Waals surface area contributed by atoms with Gasteiger partial charge < -0.3 is 10.6 Å². The normalized spacial score (nSPS) is 10.5. The first-order valence-electron chi connectivity index (χ1n) is 9.17. The van der Waals surface area contributed by atoms with Gasteiger partial charge in [-0.1, -0.05) is 47.7 Å². The Balaban J connectivity index is 1.70. The third-order valence-electron chi connectivity index (χ3n) is 4.17. The van der Waals surface area contributed by atoms with Gasteiger partial charge in [-0.15, -0.1) is 10.2 Å². The van der Waals surface area contributed by atoms with Gasteiger partial charge >= 0.3 is 0 Å². The van der Waals surface area contributed by atoms with Crippen molar-refractivity contribution >= 4 is 35.0 Å². The summed E-state index contributed by atoms with van der Waals surface area (Å²) in [5.74, 6) is -0.400. The Hall–Kier alpha value is -3.46. The highest BCUT2D eigenvalue weighted by molar-refractivity contribution is 7.99. The number of aryl methyl sites for hydroxylation is 2. The molecule has 3 N–H and O–H groups in total. The van der Waals surface area contributed by atoms with Crippen LogP contribution < -0.4 is 16.2 Å². The van der Waals surface area contributed by atoms with Gasteiger partial charge in [-0.05, 0) is 31.5 Å². The molecule has 0 aliphatic heterocycles. The van der Waals surface area contributed by atoms with Crippen molar-refractivity contribution in [3.05, 3.63) is 63.9 Å². The number of nitrogens with one attached hydrogen (secondary N) is 3. The molecule has 154 valence electrons. The van der Waals surface area contributed by atoms with E-state index in [1.807, 2.05) is 32.0 Å². The van der Waals surface area contributed by atoms with Gasteiger partial charge in [0.15, 0.2) is 10.9 Å². The maximum atomic E-state index is 12.5. The van der Waals surface area contributed by atoms with E-state index in [0.717, 1.165) is 28.6 Å². The van der Waals surface area contributed by atoms with Crippen molar-refractivity contribution in [3.63, 3.8) is 0 Å². The van der Waals surface area contributed by atoms with E-state index in [1.54, 1.807) is 24.3 Å². The number of amides is 2. The lowest BCUT2D eigenvalue weighted by molar-refractivity contribution is -0.114. The van der Waals surface area contributed by atoms with Gasteiger partial charge in [-0.25, -0.2) is 0 Å². The largest absolute Gasteiger partial charge is 0.326 e. The van der Waals surface area contributed by atoms with Crippen LogP contribution in [0.15, 0.2) is 52.4 Å². The molecule has 0 aliphatic rings. The van der Waals surface area contributed by atoms with Crippen molar-refractivity contribution in [1.82, 2.24) is 15.2 Å². The number of para-hydroxylation sites is 1. The van der Waals surface area contributed by atoms with Crippen molar-refractivity contribution in [3.8, 4) is 11.3 Å². The third kappa shape index (κ3) is 5.32. The lowest BCUT2D eigenvalue weighted by atomic mass is 10.1. The predicted octanol–water partition coefficient (Wildman–Crippen LogP) is 3.14. The van der Waals surface area contributed by atoms with Crippen molar-refractivity contribution in [2.45, 2.75) is 25.9 Å². The molecular weight excluding hydrogens is 402 g/mol. The van der Waals surface area contributed by atoms with Crippen molar-refractivity contribution in [2.75, 3.05) is 16.4 Å². The van der Waals surface area contributed by atoms with Gasteiger partial charge in [0.1, 0.15) is 0 Å². The van der Waals surface area contributed by atoms with Gasteiger partial charge in [0, 0.05) is 18.2 Å². The molecule has 3 rings (SSSR count). The topological polar surface area (TPSA) is 117 Å². The summed E-state index contributed by atoms with van der Waals surface area (Å²) in [5, 5.41) is 13.8. The van der Waals surface area contributed by atoms with Crippen LogP contribution in [0.3, 0.4) is 0 Å². The van der Waals surface area contributed by atoms with Crippen LogP contribution >= 0.6 is 11.8 Å². The molecule has 1 aromatic heterocycles. The summed E-state index contributed by atoms with van der Waals surface area (Å²) < 4.78 is 0. The van der Waals surface area contributed by atoms with Crippen molar-refractivity contribution in [1.29, 1.82) is 0 Å². The number of aromatic nitrogens is 3. The molecule has 0 aliphatic carbocycles. The molecule has 0 radical (unpaired) electrons. The molecular formula is C21H21N5O3S. The van der Waals surface area contributed by atoms with Crippen LogP contribution in [-0.2, 0) is 9.59 Å². The second-order valence-electron chi connectivity index (χ2n) is 6.69. The average molecular weight is 423 g/mol. The summed E-state index contributed by atoms with van der Waals surface area (Å²) in [6.45, 7) is 5.30. The highest BCUT2D eigenvalue weighted by atomic mass is 32.2. The molecule has 9 heteroatoms.